The number of methoxy groups -OCH3 is 3. The van der Waals surface area contributed by atoms with Crippen LogP contribution in [0.1, 0.15) is 11.1 Å². The number of benzene rings is 2. The lowest BCUT2D eigenvalue weighted by molar-refractivity contribution is 0.152. The average Bonchev–Trinajstić information content (AvgIpc) is 3.22. The number of alkyl carbamates (subject to hydrolysis) is 1. The van der Waals surface area contributed by atoms with Crippen LogP contribution < -0.4 is 19.5 Å². The van der Waals surface area contributed by atoms with Gasteiger partial charge in [0.15, 0.2) is 11.5 Å². The van der Waals surface area contributed by atoms with E-state index in [0.717, 1.165) is 11.6 Å². The molecule has 1 heterocycles. The molecule has 3 aromatic rings. The van der Waals surface area contributed by atoms with Crippen molar-refractivity contribution in [1.82, 2.24) is 9.29 Å². The fourth-order valence-corrected chi connectivity index (χ4v) is 6.01. The topological polar surface area (TPSA) is 105 Å². The highest BCUT2D eigenvalue weighted by Crippen LogP contribution is 2.45. The largest absolute Gasteiger partial charge is 0.496 e. The number of ether oxygens (including phenoxy) is 4. The van der Waals surface area contributed by atoms with Crippen LogP contribution in [0.15, 0.2) is 41.4 Å². The summed E-state index contributed by atoms with van der Waals surface area (Å²) in [4.78, 5) is 12.3. The van der Waals surface area contributed by atoms with Gasteiger partial charge in [0.2, 0.25) is 0 Å². The van der Waals surface area contributed by atoms with E-state index in [9.17, 15) is 13.2 Å². The molecule has 11 heteroatoms. The van der Waals surface area contributed by atoms with Crippen LogP contribution in [0.4, 0.5) is 4.79 Å². The molecule has 9 nitrogen and oxygen atoms in total. The van der Waals surface area contributed by atoms with Crippen molar-refractivity contribution in [2.75, 3.05) is 34.5 Å². The van der Waals surface area contributed by atoms with Gasteiger partial charge in [-0.05, 0) is 37.1 Å². The van der Waals surface area contributed by atoms with Crippen molar-refractivity contribution >= 4 is 35.1 Å². The molecular weight excluding hydrogens is 512 g/mol. The van der Waals surface area contributed by atoms with Crippen LogP contribution in [0.5, 0.6) is 17.2 Å². The molecule has 0 atom stereocenters. The molecule has 0 aliphatic carbocycles. The van der Waals surface area contributed by atoms with Gasteiger partial charge in [-0.2, -0.15) is 0 Å². The van der Waals surface area contributed by atoms with E-state index >= 15 is 0 Å². The standard InChI is InChI=1S/C26H36N2O7SSi/c1-18-8-10-20(11-9-18)36(30,31)28-17-19(12-13-27-26(29)35-14-15-37(5,6)7)23-21(32-2)16-22(33-3)25(34-4)24(23)28/h8-11,16-17H,12-15H2,1-7H3,(H,27,29). The Bertz CT molecular complexity index is 1360. The van der Waals surface area contributed by atoms with Gasteiger partial charge in [0, 0.05) is 26.9 Å². The summed E-state index contributed by atoms with van der Waals surface area (Å²) in [6, 6.07) is 9.16. The van der Waals surface area contributed by atoms with Crippen LogP contribution in [0.3, 0.4) is 0 Å². The first kappa shape index (κ1) is 28.4. The predicted octanol–water partition coefficient (Wildman–Crippen LogP) is 4.82. The average molecular weight is 549 g/mol. The Morgan fingerprint density at radius 3 is 2.22 bits per heavy atom. The lowest BCUT2D eigenvalue weighted by atomic mass is 10.1. The quantitative estimate of drug-likeness (QED) is 0.343. The second-order valence-electron chi connectivity index (χ2n) is 9.93. The second kappa shape index (κ2) is 11.5. The van der Waals surface area contributed by atoms with Gasteiger partial charge in [0.1, 0.15) is 11.3 Å². The number of hydrogen-bond acceptors (Lipinski definition) is 7. The van der Waals surface area contributed by atoms with Crippen LogP contribution in [0.25, 0.3) is 10.9 Å². The minimum absolute atomic E-state index is 0.134. The van der Waals surface area contributed by atoms with Gasteiger partial charge in [0.05, 0.1) is 38.2 Å². The number of amides is 1. The molecule has 0 unspecified atom stereocenters. The molecule has 0 bridgehead atoms. The maximum atomic E-state index is 13.8. The van der Waals surface area contributed by atoms with Crippen LogP contribution in [-0.2, 0) is 21.2 Å². The number of carbonyl (C=O) groups excluding carboxylic acids is 1. The zero-order valence-electron chi connectivity index (χ0n) is 22.5. The third-order valence-electron chi connectivity index (χ3n) is 5.97. The van der Waals surface area contributed by atoms with E-state index in [0.29, 0.717) is 41.0 Å². The summed E-state index contributed by atoms with van der Waals surface area (Å²) in [5.74, 6) is 1.03. The Balaban J connectivity index is 2.03. The Kier molecular flexibility index (Phi) is 8.80. The zero-order chi connectivity index (χ0) is 27.4. The number of rotatable bonds is 11. The van der Waals surface area contributed by atoms with Crippen molar-refractivity contribution < 1.29 is 32.2 Å². The highest BCUT2D eigenvalue weighted by molar-refractivity contribution is 7.90. The van der Waals surface area contributed by atoms with E-state index in [1.165, 1.54) is 25.3 Å². The van der Waals surface area contributed by atoms with Crippen LogP contribution >= 0.6 is 0 Å². The molecule has 0 saturated carbocycles. The molecule has 3 rings (SSSR count). The fourth-order valence-electron chi connectivity index (χ4n) is 3.91. The molecule has 1 amide bonds. The highest BCUT2D eigenvalue weighted by Gasteiger charge is 2.28. The van der Waals surface area contributed by atoms with Crippen LogP contribution in [0.2, 0.25) is 25.7 Å². The zero-order valence-corrected chi connectivity index (χ0v) is 24.3. The molecule has 0 spiro atoms. The van der Waals surface area contributed by atoms with Gasteiger partial charge in [-0.25, -0.2) is 17.2 Å². The minimum Gasteiger partial charge on any atom is -0.496 e. The number of aryl methyl sites for hydroxylation is 1. The lowest BCUT2D eigenvalue weighted by Crippen LogP contribution is -2.29. The Morgan fingerprint density at radius 1 is 1.00 bits per heavy atom. The molecule has 0 radical (unpaired) electrons. The number of carbonyl (C=O) groups is 1. The van der Waals surface area contributed by atoms with Gasteiger partial charge in [-0.1, -0.05) is 37.3 Å². The molecule has 0 fully saturated rings. The van der Waals surface area contributed by atoms with Gasteiger partial charge < -0.3 is 24.3 Å². The monoisotopic (exact) mass is 548 g/mol. The molecule has 0 saturated heterocycles. The Labute approximate surface area is 219 Å². The minimum atomic E-state index is -3.99. The number of aromatic nitrogens is 1. The molecule has 1 aromatic heterocycles. The number of nitrogens with zero attached hydrogens (tertiary/aromatic N) is 1. The normalized spacial score (nSPS) is 11.9. The SMILES string of the molecule is COc1cc(OC)c2c(CCNC(=O)OCC[Si](C)(C)C)cn(S(=O)(=O)c3ccc(C)cc3)c2c1OC. The summed E-state index contributed by atoms with van der Waals surface area (Å²) in [5.41, 5.74) is 1.90. The van der Waals surface area contributed by atoms with E-state index in [1.807, 2.05) is 6.92 Å². The maximum absolute atomic E-state index is 13.8. The van der Waals surface area contributed by atoms with Crippen molar-refractivity contribution in [3.63, 3.8) is 0 Å². The van der Waals surface area contributed by atoms with Crippen molar-refractivity contribution in [2.24, 2.45) is 0 Å². The summed E-state index contributed by atoms with van der Waals surface area (Å²) in [5, 5.41) is 3.32. The molecular formula is C26H36N2O7SSi. The first-order valence-corrected chi connectivity index (χ1v) is 17.1. The summed E-state index contributed by atoms with van der Waals surface area (Å²) in [6.45, 7) is 9.15. The predicted molar refractivity (Wildman–Crippen MR) is 147 cm³/mol. The van der Waals surface area contributed by atoms with Gasteiger partial charge in [0.25, 0.3) is 10.0 Å². The van der Waals surface area contributed by atoms with E-state index in [2.05, 4.69) is 25.0 Å². The molecule has 202 valence electrons. The van der Waals surface area contributed by atoms with Crippen molar-refractivity contribution in [3.8, 4) is 17.2 Å². The maximum Gasteiger partial charge on any atom is 0.407 e. The van der Waals surface area contributed by atoms with E-state index in [-0.39, 0.29) is 17.2 Å². The van der Waals surface area contributed by atoms with Crippen LogP contribution in [-0.4, -0.2) is 61.0 Å². The number of hydrogen-bond donors (Lipinski definition) is 1. The van der Waals surface area contributed by atoms with Crippen molar-refractivity contribution in [1.29, 1.82) is 0 Å². The summed E-state index contributed by atoms with van der Waals surface area (Å²) < 4.78 is 50.7. The van der Waals surface area contributed by atoms with Crippen molar-refractivity contribution in [2.45, 2.75) is 43.9 Å². The summed E-state index contributed by atoms with van der Waals surface area (Å²) >= 11 is 0. The third kappa shape index (κ3) is 6.39. The molecule has 37 heavy (non-hydrogen) atoms. The molecule has 0 aliphatic rings. The first-order valence-electron chi connectivity index (χ1n) is 12.0. The van der Waals surface area contributed by atoms with Gasteiger partial charge in [-0.3, -0.25) is 0 Å². The smallest absolute Gasteiger partial charge is 0.407 e. The first-order chi connectivity index (χ1) is 17.4. The lowest BCUT2D eigenvalue weighted by Gasteiger charge is -2.15. The third-order valence-corrected chi connectivity index (χ3v) is 9.35. The molecule has 0 aliphatic heterocycles. The highest BCUT2D eigenvalue weighted by atomic mass is 32.2. The van der Waals surface area contributed by atoms with Crippen LogP contribution in [0, 0.1) is 6.92 Å². The summed E-state index contributed by atoms with van der Waals surface area (Å²) in [6.07, 6.45) is 1.38. The van der Waals surface area contributed by atoms with Gasteiger partial charge >= 0.3 is 6.09 Å². The second-order valence-corrected chi connectivity index (χ2v) is 17.4. The Morgan fingerprint density at radius 2 is 1.65 bits per heavy atom. The summed E-state index contributed by atoms with van der Waals surface area (Å²) in [7, 11) is -0.872. The molecule has 1 N–H and O–H groups in total. The number of fused-ring (bicyclic) bond motifs is 1. The number of nitrogens with one attached hydrogen (secondary N) is 1. The van der Waals surface area contributed by atoms with E-state index in [1.54, 1.807) is 36.5 Å². The fraction of sp³-hybridized carbons (Fsp3) is 0.423. The Hall–Kier alpha value is -3.18. The molecule has 2 aromatic carbocycles. The van der Waals surface area contributed by atoms with E-state index in [4.69, 9.17) is 18.9 Å². The van der Waals surface area contributed by atoms with Gasteiger partial charge in [-0.15, -0.1) is 0 Å². The van der Waals surface area contributed by atoms with E-state index < -0.39 is 24.2 Å². The van der Waals surface area contributed by atoms with Crippen molar-refractivity contribution in [3.05, 3.63) is 47.7 Å².